The number of anilines is 3. The molecule has 0 bridgehead atoms. The summed E-state index contributed by atoms with van der Waals surface area (Å²) >= 11 is 0. The molecule has 0 aliphatic rings. The molecule has 0 saturated heterocycles. The zero-order chi connectivity index (χ0) is 29.5. The molecule has 0 saturated carbocycles. The minimum absolute atomic E-state index is 0.866. The highest BCUT2D eigenvalue weighted by Crippen LogP contribution is 2.44. The second-order valence-electron chi connectivity index (χ2n) is 11.7. The summed E-state index contributed by atoms with van der Waals surface area (Å²) in [6, 6.07) is 53.8. The average Bonchev–Trinajstić information content (AvgIpc) is 3.66. The summed E-state index contributed by atoms with van der Waals surface area (Å²) in [4.78, 5) is 2.35. The second-order valence-corrected chi connectivity index (χ2v) is 11.7. The highest BCUT2D eigenvalue weighted by molar-refractivity contribution is 6.20. The van der Waals surface area contributed by atoms with Crippen LogP contribution in [0.5, 0.6) is 0 Å². The molecule has 0 aliphatic heterocycles. The Morgan fingerprint density at radius 1 is 0.311 bits per heavy atom. The van der Waals surface area contributed by atoms with Crippen LogP contribution in [0.4, 0.5) is 17.1 Å². The lowest BCUT2D eigenvalue weighted by atomic mass is 9.96. The minimum atomic E-state index is 0.866. The van der Waals surface area contributed by atoms with Gasteiger partial charge in [-0.3, -0.25) is 0 Å². The van der Waals surface area contributed by atoms with Gasteiger partial charge in [0.15, 0.2) is 0 Å². The highest BCUT2D eigenvalue weighted by Gasteiger charge is 2.20. The van der Waals surface area contributed by atoms with Gasteiger partial charge in [-0.05, 0) is 75.5 Å². The first kappa shape index (κ1) is 24.4. The van der Waals surface area contributed by atoms with E-state index in [0.29, 0.717) is 0 Å². The summed E-state index contributed by atoms with van der Waals surface area (Å²) in [5, 5.41) is 11.9. The highest BCUT2D eigenvalue weighted by atomic mass is 16.3. The van der Waals surface area contributed by atoms with Crippen molar-refractivity contribution in [1.82, 2.24) is 0 Å². The predicted molar refractivity (Wildman–Crippen MR) is 188 cm³/mol. The summed E-state index contributed by atoms with van der Waals surface area (Å²) in [7, 11) is 0. The molecule has 10 rings (SSSR count). The van der Waals surface area contributed by atoms with E-state index in [1.54, 1.807) is 0 Å². The van der Waals surface area contributed by atoms with E-state index in [1.807, 2.05) is 24.3 Å². The maximum absolute atomic E-state index is 6.37. The van der Waals surface area contributed by atoms with E-state index >= 15 is 0 Å². The third-order valence-corrected chi connectivity index (χ3v) is 9.24. The number of benzene rings is 8. The fourth-order valence-corrected chi connectivity index (χ4v) is 7.17. The minimum Gasteiger partial charge on any atom is -0.456 e. The van der Waals surface area contributed by atoms with Gasteiger partial charge in [0, 0.05) is 44.4 Å². The summed E-state index contributed by atoms with van der Waals surface area (Å²) in [6.45, 7) is 0. The number of hydrogen-bond acceptors (Lipinski definition) is 3. The Balaban J connectivity index is 1.26. The van der Waals surface area contributed by atoms with Crippen molar-refractivity contribution in [3.8, 4) is 0 Å². The van der Waals surface area contributed by atoms with E-state index in [9.17, 15) is 0 Å². The maximum Gasteiger partial charge on any atom is 0.137 e. The van der Waals surface area contributed by atoms with Crippen molar-refractivity contribution >= 4 is 93.3 Å². The van der Waals surface area contributed by atoms with Gasteiger partial charge >= 0.3 is 0 Å². The van der Waals surface area contributed by atoms with Crippen LogP contribution in [0, 0.1) is 0 Å². The SMILES string of the molecule is c1ccc2c(c1)ccc1c3cccc(N(c4ccc5c(c4)oc4ccccc45)c4ccc5oc6ccccc6c5c4)c3ccc21. The molecule has 8 aromatic carbocycles. The van der Waals surface area contributed by atoms with Gasteiger partial charge in [0.25, 0.3) is 0 Å². The molecule has 0 unspecified atom stereocenters. The lowest BCUT2D eigenvalue weighted by Gasteiger charge is -2.27. The van der Waals surface area contributed by atoms with E-state index in [1.165, 1.54) is 32.3 Å². The van der Waals surface area contributed by atoms with E-state index in [-0.39, 0.29) is 0 Å². The standard InChI is InChI=1S/C42H25NO2/c1-2-9-29-26(8-1)16-19-32-30-12-7-13-38(33(30)22-21-31(29)32)43(27-18-23-41-37(24-27)35-11-4-6-15-40(35)44-41)28-17-20-36-34-10-3-5-14-39(34)45-42(36)25-28/h1-25H. The monoisotopic (exact) mass is 575 g/mol. The molecule has 0 N–H and O–H groups in total. The van der Waals surface area contributed by atoms with Crippen LogP contribution in [0.15, 0.2) is 160 Å². The van der Waals surface area contributed by atoms with Gasteiger partial charge in [-0.15, -0.1) is 0 Å². The summed E-state index contributed by atoms with van der Waals surface area (Å²) in [5.41, 5.74) is 6.71. The van der Waals surface area contributed by atoms with Gasteiger partial charge in [-0.25, -0.2) is 0 Å². The molecule has 0 spiro atoms. The quantitative estimate of drug-likeness (QED) is 0.196. The van der Waals surface area contributed by atoms with E-state index in [2.05, 4.69) is 132 Å². The number of hydrogen-bond donors (Lipinski definition) is 0. The van der Waals surface area contributed by atoms with Crippen molar-refractivity contribution in [2.75, 3.05) is 4.90 Å². The van der Waals surface area contributed by atoms with Crippen molar-refractivity contribution in [3.05, 3.63) is 152 Å². The lowest BCUT2D eigenvalue weighted by molar-refractivity contribution is 0.668. The van der Waals surface area contributed by atoms with Gasteiger partial charge in [0.2, 0.25) is 0 Å². The van der Waals surface area contributed by atoms with E-state index in [4.69, 9.17) is 8.83 Å². The van der Waals surface area contributed by atoms with Crippen molar-refractivity contribution < 1.29 is 8.83 Å². The molecule has 0 aliphatic carbocycles. The summed E-state index contributed by atoms with van der Waals surface area (Å²) < 4.78 is 12.6. The van der Waals surface area contributed by atoms with Gasteiger partial charge in [0.05, 0.1) is 5.69 Å². The average molecular weight is 576 g/mol. The van der Waals surface area contributed by atoms with Crippen LogP contribution in [0.3, 0.4) is 0 Å². The molecule has 45 heavy (non-hydrogen) atoms. The Hall–Kier alpha value is -6.06. The van der Waals surface area contributed by atoms with Gasteiger partial charge in [-0.1, -0.05) is 97.1 Å². The molecule has 0 radical (unpaired) electrons. The molecule has 3 heteroatoms. The zero-order valence-corrected chi connectivity index (χ0v) is 24.2. The number of fused-ring (bicyclic) bond motifs is 11. The molecular formula is C42H25NO2. The van der Waals surface area contributed by atoms with E-state index < -0.39 is 0 Å². The van der Waals surface area contributed by atoms with Crippen molar-refractivity contribution in [2.24, 2.45) is 0 Å². The first-order valence-corrected chi connectivity index (χ1v) is 15.3. The molecule has 10 aromatic rings. The molecule has 210 valence electrons. The van der Waals surface area contributed by atoms with Crippen LogP contribution in [-0.2, 0) is 0 Å². The van der Waals surface area contributed by atoms with E-state index in [0.717, 1.165) is 60.9 Å². The smallest absolute Gasteiger partial charge is 0.137 e. The second kappa shape index (κ2) is 9.22. The topological polar surface area (TPSA) is 29.5 Å². The Labute approximate surface area is 258 Å². The van der Waals surface area contributed by atoms with Gasteiger partial charge in [-0.2, -0.15) is 0 Å². The first-order chi connectivity index (χ1) is 22.3. The number of furan rings is 2. The molecule has 0 atom stereocenters. The van der Waals surface area contributed by atoms with Crippen molar-refractivity contribution in [2.45, 2.75) is 0 Å². The Kier molecular flexibility index (Phi) is 5.00. The molecule has 2 heterocycles. The third kappa shape index (κ3) is 3.58. The van der Waals surface area contributed by atoms with Crippen LogP contribution >= 0.6 is 0 Å². The Morgan fingerprint density at radius 2 is 0.844 bits per heavy atom. The number of rotatable bonds is 3. The molecule has 3 nitrogen and oxygen atoms in total. The Morgan fingerprint density at radius 3 is 1.71 bits per heavy atom. The fraction of sp³-hybridized carbons (Fsp3) is 0. The Bertz CT molecular complexity index is 2780. The summed E-state index contributed by atoms with van der Waals surface area (Å²) in [6.07, 6.45) is 0. The predicted octanol–water partition coefficient (Wildman–Crippen LogP) is 12.4. The molecule has 0 amide bonds. The van der Waals surface area contributed by atoms with Crippen LogP contribution in [-0.4, -0.2) is 0 Å². The largest absolute Gasteiger partial charge is 0.456 e. The maximum atomic E-state index is 6.37. The van der Waals surface area contributed by atoms with Crippen LogP contribution in [0.2, 0.25) is 0 Å². The molecular weight excluding hydrogens is 550 g/mol. The normalized spacial score (nSPS) is 12.0. The van der Waals surface area contributed by atoms with Crippen LogP contribution in [0.25, 0.3) is 76.2 Å². The fourth-order valence-electron chi connectivity index (χ4n) is 7.17. The number of nitrogens with zero attached hydrogens (tertiary/aromatic N) is 1. The number of para-hydroxylation sites is 2. The first-order valence-electron chi connectivity index (χ1n) is 15.3. The lowest BCUT2D eigenvalue weighted by Crippen LogP contribution is -2.10. The van der Waals surface area contributed by atoms with Gasteiger partial charge < -0.3 is 13.7 Å². The van der Waals surface area contributed by atoms with Crippen molar-refractivity contribution in [3.63, 3.8) is 0 Å². The van der Waals surface area contributed by atoms with Gasteiger partial charge in [0.1, 0.15) is 22.3 Å². The van der Waals surface area contributed by atoms with Crippen LogP contribution in [0.1, 0.15) is 0 Å². The molecule has 2 aromatic heterocycles. The third-order valence-electron chi connectivity index (χ3n) is 9.24. The van der Waals surface area contributed by atoms with Crippen LogP contribution < -0.4 is 4.90 Å². The zero-order valence-electron chi connectivity index (χ0n) is 24.2. The summed E-state index contributed by atoms with van der Waals surface area (Å²) in [5.74, 6) is 0. The molecule has 0 fully saturated rings. The van der Waals surface area contributed by atoms with Crippen molar-refractivity contribution in [1.29, 1.82) is 0 Å².